The van der Waals surface area contributed by atoms with Gasteiger partial charge in [-0.2, -0.15) is 5.10 Å². The van der Waals surface area contributed by atoms with Crippen LogP contribution >= 0.6 is 0 Å². The maximum absolute atomic E-state index is 12.7. The molecule has 2 aromatic heterocycles. The van der Waals surface area contributed by atoms with Gasteiger partial charge in [0.15, 0.2) is 0 Å². The second-order valence-corrected chi connectivity index (χ2v) is 5.62. The van der Waals surface area contributed by atoms with Crippen LogP contribution in [-0.2, 0) is 4.79 Å². The predicted octanol–water partition coefficient (Wildman–Crippen LogP) is 0.0921. The summed E-state index contributed by atoms with van der Waals surface area (Å²) in [4.78, 5) is 21.2. The summed E-state index contributed by atoms with van der Waals surface area (Å²) < 4.78 is 0. The molecule has 7 nitrogen and oxygen atoms in total. The maximum Gasteiger partial charge on any atom is 0.246 e. The summed E-state index contributed by atoms with van der Waals surface area (Å²) in [5, 5.41) is 10.1. The zero-order valence-corrected chi connectivity index (χ0v) is 12.2. The van der Waals surface area contributed by atoms with Gasteiger partial charge in [0.05, 0.1) is 5.69 Å². The van der Waals surface area contributed by atoms with Crippen molar-refractivity contribution >= 4 is 11.7 Å². The summed E-state index contributed by atoms with van der Waals surface area (Å²) in [5.74, 6) is 0.860. The van der Waals surface area contributed by atoms with Gasteiger partial charge < -0.3 is 5.32 Å². The first-order valence-electron chi connectivity index (χ1n) is 7.55. The SMILES string of the molecule is O=C1[C@H]2CNCCN2CCN1c1ccc(-c2ccn[nH]2)cn1. The van der Waals surface area contributed by atoms with Crippen LogP contribution in [0.5, 0.6) is 0 Å². The van der Waals surface area contributed by atoms with Crippen molar-refractivity contribution in [2.75, 3.05) is 37.6 Å². The smallest absolute Gasteiger partial charge is 0.246 e. The Bertz CT molecular complexity index is 653. The van der Waals surface area contributed by atoms with Crippen LogP contribution in [0.3, 0.4) is 0 Å². The lowest BCUT2D eigenvalue weighted by Crippen LogP contribution is -2.64. The summed E-state index contributed by atoms with van der Waals surface area (Å²) in [7, 11) is 0. The summed E-state index contributed by atoms with van der Waals surface area (Å²) in [6, 6.07) is 5.71. The van der Waals surface area contributed by atoms with Crippen molar-refractivity contribution in [3.8, 4) is 11.3 Å². The molecule has 7 heteroatoms. The molecule has 0 unspecified atom stereocenters. The Balaban J connectivity index is 1.55. The average molecular weight is 298 g/mol. The van der Waals surface area contributed by atoms with Gasteiger partial charge in [-0.05, 0) is 18.2 Å². The monoisotopic (exact) mass is 298 g/mol. The van der Waals surface area contributed by atoms with Crippen LogP contribution in [0, 0.1) is 0 Å². The number of H-pyrrole nitrogens is 1. The Kier molecular flexibility index (Phi) is 3.36. The van der Waals surface area contributed by atoms with Gasteiger partial charge in [-0.3, -0.25) is 19.7 Å². The van der Waals surface area contributed by atoms with Crippen molar-refractivity contribution in [1.29, 1.82) is 0 Å². The van der Waals surface area contributed by atoms with Crippen LogP contribution in [0.15, 0.2) is 30.6 Å². The molecule has 2 aromatic rings. The number of hydrogen-bond acceptors (Lipinski definition) is 5. The zero-order valence-electron chi connectivity index (χ0n) is 12.2. The highest BCUT2D eigenvalue weighted by atomic mass is 16.2. The van der Waals surface area contributed by atoms with Crippen LogP contribution in [0.25, 0.3) is 11.3 Å². The molecular formula is C15H18N6O. The Morgan fingerprint density at radius 3 is 2.91 bits per heavy atom. The fourth-order valence-corrected chi connectivity index (χ4v) is 3.13. The number of carbonyl (C=O) groups excluding carboxylic acids is 1. The summed E-state index contributed by atoms with van der Waals surface area (Å²) in [6.45, 7) is 4.23. The minimum atomic E-state index is -0.0587. The Morgan fingerprint density at radius 2 is 2.14 bits per heavy atom. The number of anilines is 1. The normalized spacial score (nSPS) is 22.6. The van der Waals surface area contributed by atoms with Crippen molar-refractivity contribution in [3.05, 3.63) is 30.6 Å². The molecule has 2 aliphatic rings. The Morgan fingerprint density at radius 1 is 1.18 bits per heavy atom. The van der Waals surface area contributed by atoms with E-state index in [-0.39, 0.29) is 11.9 Å². The number of rotatable bonds is 2. The molecule has 0 bridgehead atoms. The third-order valence-electron chi connectivity index (χ3n) is 4.35. The standard InChI is InChI=1S/C15H18N6O/c22-15-13-10-16-5-6-20(13)7-8-21(15)14-2-1-11(9-17-14)12-3-4-18-19-12/h1-4,9,13,16H,5-8,10H2,(H,18,19)/t13-/m1/s1. The molecule has 114 valence electrons. The van der Waals surface area contributed by atoms with E-state index in [1.807, 2.05) is 18.2 Å². The Labute approximate surface area is 128 Å². The third kappa shape index (κ3) is 2.28. The number of hydrogen-bond donors (Lipinski definition) is 2. The van der Waals surface area contributed by atoms with E-state index < -0.39 is 0 Å². The topological polar surface area (TPSA) is 77.2 Å². The van der Waals surface area contributed by atoms with Crippen LogP contribution in [0.1, 0.15) is 0 Å². The summed E-state index contributed by atoms with van der Waals surface area (Å²) >= 11 is 0. The largest absolute Gasteiger partial charge is 0.313 e. The highest BCUT2D eigenvalue weighted by Crippen LogP contribution is 2.22. The average Bonchev–Trinajstić information content (AvgIpc) is 3.10. The van der Waals surface area contributed by atoms with Crippen molar-refractivity contribution in [2.24, 2.45) is 0 Å². The van der Waals surface area contributed by atoms with Gasteiger partial charge >= 0.3 is 0 Å². The van der Waals surface area contributed by atoms with E-state index in [1.54, 1.807) is 17.3 Å². The lowest BCUT2D eigenvalue weighted by Gasteiger charge is -2.42. The highest BCUT2D eigenvalue weighted by Gasteiger charge is 2.37. The number of nitrogens with zero attached hydrogens (tertiary/aromatic N) is 4. The molecule has 0 aliphatic carbocycles. The van der Waals surface area contributed by atoms with Crippen molar-refractivity contribution < 1.29 is 4.79 Å². The molecule has 0 saturated carbocycles. The number of piperazine rings is 2. The van der Waals surface area contributed by atoms with E-state index in [0.717, 1.165) is 43.3 Å². The van der Waals surface area contributed by atoms with E-state index in [2.05, 4.69) is 25.4 Å². The minimum Gasteiger partial charge on any atom is -0.313 e. The first-order chi connectivity index (χ1) is 10.8. The molecule has 22 heavy (non-hydrogen) atoms. The van der Waals surface area contributed by atoms with E-state index >= 15 is 0 Å². The molecule has 0 aromatic carbocycles. The number of amides is 1. The fraction of sp³-hybridized carbons (Fsp3) is 0.400. The third-order valence-corrected chi connectivity index (χ3v) is 4.35. The fourth-order valence-electron chi connectivity index (χ4n) is 3.13. The molecule has 2 fully saturated rings. The van der Waals surface area contributed by atoms with Gasteiger partial charge in [0.25, 0.3) is 0 Å². The molecule has 4 heterocycles. The van der Waals surface area contributed by atoms with Gasteiger partial charge in [-0.1, -0.05) is 0 Å². The van der Waals surface area contributed by atoms with E-state index in [0.29, 0.717) is 6.54 Å². The van der Waals surface area contributed by atoms with Crippen LogP contribution in [-0.4, -0.2) is 64.8 Å². The molecule has 2 N–H and O–H groups in total. The number of nitrogens with one attached hydrogen (secondary N) is 2. The quantitative estimate of drug-likeness (QED) is 0.822. The van der Waals surface area contributed by atoms with E-state index in [4.69, 9.17) is 0 Å². The molecule has 1 atom stereocenters. The van der Waals surface area contributed by atoms with Gasteiger partial charge in [0.2, 0.25) is 5.91 Å². The van der Waals surface area contributed by atoms with E-state index in [1.165, 1.54) is 0 Å². The first-order valence-corrected chi connectivity index (χ1v) is 7.55. The number of pyridine rings is 1. The Hall–Kier alpha value is -2.25. The van der Waals surface area contributed by atoms with Gasteiger partial charge in [-0.15, -0.1) is 0 Å². The van der Waals surface area contributed by atoms with Gasteiger partial charge in [0, 0.05) is 50.7 Å². The zero-order chi connectivity index (χ0) is 14.9. The van der Waals surface area contributed by atoms with Crippen molar-refractivity contribution in [2.45, 2.75) is 6.04 Å². The lowest BCUT2D eigenvalue weighted by molar-refractivity contribution is -0.126. The van der Waals surface area contributed by atoms with Crippen LogP contribution in [0.2, 0.25) is 0 Å². The van der Waals surface area contributed by atoms with Crippen molar-refractivity contribution in [3.63, 3.8) is 0 Å². The summed E-state index contributed by atoms with van der Waals surface area (Å²) in [5.41, 5.74) is 1.89. The molecular weight excluding hydrogens is 280 g/mol. The number of aromatic amines is 1. The first kappa shape index (κ1) is 13.4. The summed E-state index contributed by atoms with van der Waals surface area (Å²) in [6.07, 6.45) is 3.49. The number of carbonyl (C=O) groups is 1. The van der Waals surface area contributed by atoms with Gasteiger partial charge in [0.1, 0.15) is 11.9 Å². The maximum atomic E-state index is 12.7. The predicted molar refractivity (Wildman–Crippen MR) is 82.4 cm³/mol. The molecule has 4 rings (SSSR count). The highest BCUT2D eigenvalue weighted by molar-refractivity contribution is 5.97. The van der Waals surface area contributed by atoms with Crippen LogP contribution < -0.4 is 10.2 Å². The second kappa shape index (κ2) is 5.51. The molecule has 0 spiro atoms. The number of aromatic nitrogens is 3. The minimum absolute atomic E-state index is 0.0587. The lowest BCUT2D eigenvalue weighted by atomic mass is 10.1. The molecule has 1 amide bonds. The van der Waals surface area contributed by atoms with E-state index in [9.17, 15) is 4.79 Å². The molecule has 2 aliphatic heterocycles. The molecule has 0 radical (unpaired) electrons. The van der Waals surface area contributed by atoms with Crippen LogP contribution in [0.4, 0.5) is 5.82 Å². The van der Waals surface area contributed by atoms with Crippen molar-refractivity contribution in [1.82, 2.24) is 25.4 Å². The van der Waals surface area contributed by atoms with Gasteiger partial charge in [-0.25, -0.2) is 4.98 Å². The molecule has 2 saturated heterocycles. The second-order valence-electron chi connectivity index (χ2n) is 5.62. The number of fused-ring (bicyclic) bond motifs is 1.